The summed E-state index contributed by atoms with van der Waals surface area (Å²) in [4.78, 5) is 6.81. The SMILES string of the molecule is COc1ccc(C(C)NC2CCN(c3ccccn3)CC2)cc1OC. The Morgan fingerprint density at radius 3 is 2.48 bits per heavy atom. The van der Waals surface area contributed by atoms with Crippen LogP contribution in [0.15, 0.2) is 42.6 Å². The molecule has 2 heterocycles. The summed E-state index contributed by atoms with van der Waals surface area (Å²) in [6.45, 7) is 4.27. The van der Waals surface area contributed by atoms with E-state index >= 15 is 0 Å². The molecule has 0 aliphatic carbocycles. The van der Waals surface area contributed by atoms with Crippen molar-refractivity contribution in [3.8, 4) is 11.5 Å². The molecule has 0 radical (unpaired) electrons. The molecule has 1 saturated heterocycles. The fourth-order valence-electron chi connectivity index (χ4n) is 3.39. The van der Waals surface area contributed by atoms with Gasteiger partial charge in [-0.25, -0.2) is 4.98 Å². The minimum absolute atomic E-state index is 0.270. The van der Waals surface area contributed by atoms with Crippen LogP contribution < -0.4 is 19.7 Å². The number of aromatic nitrogens is 1. The predicted octanol–water partition coefficient (Wildman–Crippen LogP) is 3.42. The maximum Gasteiger partial charge on any atom is 0.161 e. The molecule has 1 aromatic carbocycles. The van der Waals surface area contributed by atoms with Crippen LogP contribution >= 0.6 is 0 Å². The summed E-state index contributed by atoms with van der Waals surface area (Å²) in [6, 6.07) is 13.0. The number of ether oxygens (including phenoxy) is 2. The van der Waals surface area contributed by atoms with Crippen LogP contribution in [0.4, 0.5) is 5.82 Å². The second-order valence-electron chi connectivity index (χ2n) is 6.45. The summed E-state index contributed by atoms with van der Waals surface area (Å²) in [7, 11) is 3.33. The largest absolute Gasteiger partial charge is 0.493 e. The molecule has 1 aromatic heterocycles. The smallest absolute Gasteiger partial charge is 0.161 e. The Morgan fingerprint density at radius 2 is 1.84 bits per heavy atom. The van der Waals surface area contributed by atoms with E-state index < -0.39 is 0 Å². The van der Waals surface area contributed by atoms with E-state index in [-0.39, 0.29) is 6.04 Å². The lowest BCUT2D eigenvalue weighted by Gasteiger charge is -2.34. The van der Waals surface area contributed by atoms with E-state index in [1.165, 1.54) is 5.56 Å². The van der Waals surface area contributed by atoms with Crippen molar-refractivity contribution in [1.82, 2.24) is 10.3 Å². The Balaban J connectivity index is 1.57. The van der Waals surface area contributed by atoms with Crippen LogP contribution in [0, 0.1) is 0 Å². The lowest BCUT2D eigenvalue weighted by Crippen LogP contribution is -2.43. The van der Waals surface area contributed by atoms with Gasteiger partial charge in [0.05, 0.1) is 14.2 Å². The summed E-state index contributed by atoms with van der Waals surface area (Å²) in [6.07, 6.45) is 4.10. The van der Waals surface area contributed by atoms with Crippen LogP contribution in [0.2, 0.25) is 0 Å². The average molecular weight is 341 g/mol. The molecule has 2 aromatic rings. The van der Waals surface area contributed by atoms with Gasteiger partial charge in [-0.15, -0.1) is 0 Å². The second kappa shape index (κ2) is 8.21. The molecular weight excluding hydrogens is 314 g/mol. The topological polar surface area (TPSA) is 46.6 Å². The summed E-state index contributed by atoms with van der Waals surface area (Å²) < 4.78 is 10.7. The number of methoxy groups -OCH3 is 2. The minimum Gasteiger partial charge on any atom is -0.493 e. The molecule has 134 valence electrons. The van der Waals surface area contributed by atoms with Crippen molar-refractivity contribution in [2.24, 2.45) is 0 Å². The summed E-state index contributed by atoms with van der Waals surface area (Å²) in [5.74, 6) is 2.62. The van der Waals surface area contributed by atoms with Crippen molar-refractivity contribution in [2.45, 2.75) is 31.8 Å². The van der Waals surface area contributed by atoms with Crippen LogP contribution in [0.5, 0.6) is 11.5 Å². The molecule has 0 spiro atoms. The van der Waals surface area contributed by atoms with Crippen molar-refractivity contribution < 1.29 is 9.47 Å². The normalized spacial score (nSPS) is 16.5. The Labute approximate surface area is 150 Å². The van der Waals surface area contributed by atoms with Gasteiger partial charge in [-0.2, -0.15) is 0 Å². The number of rotatable bonds is 6. The Morgan fingerprint density at radius 1 is 1.08 bits per heavy atom. The third kappa shape index (κ3) is 4.23. The molecule has 25 heavy (non-hydrogen) atoms. The number of nitrogens with one attached hydrogen (secondary N) is 1. The van der Waals surface area contributed by atoms with E-state index in [1.54, 1.807) is 14.2 Å². The van der Waals surface area contributed by atoms with Crippen molar-refractivity contribution in [3.05, 3.63) is 48.2 Å². The monoisotopic (exact) mass is 341 g/mol. The molecule has 1 aliphatic rings. The Bertz CT molecular complexity index is 670. The van der Waals surface area contributed by atoms with Gasteiger partial charge in [0.1, 0.15) is 5.82 Å². The fourth-order valence-corrected chi connectivity index (χ4v) is 3.39. The Hall–Kier alpha value is -2.27. The zero-order valence-corrected chi connectivity index (χ0v) is 15.2. The van der Waals surface area contributed by atoms with Gasteiger partial charge in [0.15, 0.2) is 11.5 Å². The predicted molar refractivity (Wildman–Crippen MR) is 101 cm³/mol. The molecular formula is C20H27N3O2. The number of benzene rings is 1. The zero-order valence-electron chi connectivity index (χ0n) is 15.2. The third-order valence-electron chi connectivity index (χ3n) is 4.86. The number of hydrogen-bond donors (Lipinski definition) is 1. The summed E-state index contributed by atoms with van der Waals surface area (Å²) in [5.41, 5.74) is 1.21. The number of anilines is 1. The highest BCUT2D eigenvalue weighted by molar-refractivity contribution is 5.43. The van der Waals surface area contributed by atoms with Crippen molar-refractivity contribution in [2.75, 3.05) is 32.2 Å². The maximum absolute atomic E-state index is 5.41. The fraction of sp³-hybridized carbons (Fsp3) is 0.450. The highest BCUT2D eigenvalue weighted by Crippen LogP contribution is 2.30. The van der Waals surface area contributed by atoms with E-state index in [4.69, 9.17) is 9.47 Å². The van der Waals surface area contributed by atoms with Gasteiger partial charge in [-0.05, 0) is 49.6 Å². The summed E-state index contributed by atoms with van der Waals surface area (Å²) >= 11 is 0. The number of piperidine rings is 1. The Kier molecular flexibility index (Phi) is 5.76. The minimum atomic E-state index is 0.270. The first-order chi connectivity index (χ1) is 12.2. The van der Waals surface area contributed by atoms with Gasteiger partial charge in [0.2, 0.25) is 0 Å². The van der Waals surface area contributed by atoms with E-state index in [0.29, 0.717) is 6.04 Å². The maximum atomic E-state index is 5.41. The van der Waals surface area contributed by atoms with E-state index in [9.17, 15) is 0 Å². The van der Waals surface area contributed by atoms with Crippen LogP contribution in [-0.2, 0) is 0 Å². The summed E-state index contributed by atoms with van der Waals surface area (Å²) in [5, 5.41) is 3.75. The first-order valence-electron chi connectivity index (χ1n) is 8.85. The molecule has 3 rings (SSSR count). The number of nitrogens with zero attached hydrogens (tertiary/aromatic N) is 2. The van der Waals surface area contributed by atoms with Gasteiger partial charge in [0.25, 0.3) is 0 Å². The first-order valence-corrected chi connectivity index (χ1v) is 8.85. The van der Waals surface area contributed by atoms with Crippen LogP contribution in [0.1, 0.15) is 31.4 Å². The second-order valence-corrected chi connectivity index (χ2v) is 6.45. The van der Waals surface area contributed by atoms with Gasteiger partial charge in [-0.3, -0.25) is 0 Å². The van der Waals surface area contributed by atoms with E-state index in [2.05, 4.69) is 40.3 Å². The lowest BCUT2D eigenvalue weighted by atomic mass is 10.0. The molecule has 1 aliphatic heterocycles. The molecule has 1 fully saturated rings. The highest BCUT2D eigenvalue weighted by atomic mass is 16.5. The average Bonchev–Trinajstić information content (AvgIpc) is 2.68. The quantitative estimate of drug-likeness (QED) is 0.872. The molecule has 1 N–H and O–H groups in total. The van der Waals surface area contributed by atoms with E-state index in [1.807, 2.05) is 24.4 Å². The number of hydrogen-bond acceptors (Lipinski definition) is 5. The first kappa shape index (κ1) is 17.5. The zero-order chi connectivity index (χ0) is 17.6. The van der Waals surface area contributed by atoms with Crippen LogP contribution in [-0.4, -0.2) is 38.3 Å². The molecule has 0 saturated carbocycles. The molecule has 1 unspecified atom stereocenters. The molecule has 5 heteroatoms. The number of pyridine rings is 1. The molecule has 0 bridgehead atoms. The lowest BCUT2D eigenvalue weighted by molar-refractivity contribution is 0.352. The van der Waals surface area contributed by atoms with E-state index in [0.717, 1.165) is 43.2 Å². The third-order valence-corrected chi connectivity index (χ3v) is 4.86. The van der Waals surface area contributed by atoms with Crippen LogP contribution in [0.3, 0.4) is 0 Å². The van der Waals surface area contributed by atoms with Crippen molar-refractivity contribution >= 4 is 5.82 Å². The molecule has 0 amide bonds. The van der Waals surface area contributed by atoms with Crippen molar-refractivity contribution in [1.29, 1.82) is 0 Å². The van der Waals surface area contributed by atoms with Gasteiger partial charge >= 0.3 is 0 Å². The van der Waals surface area contributed by atoms with Gasteiger partial charge in [-0.1, -0.05) is 12.1 Å². The van der Waals surface area contributed by atoms with Crippen LogP contribution in [0.25, 0.3) is 0 Å². The van der Waals surface area contributed by atoms with Gasteiger partial charge < -0.3 is 19.7 Å². The standard InChI is InChI=1S/C20H27N3O2/c1-15(16-7-8-18(24-2)19(14-16)25-3)22-17-9-12-23(13-10-17)20-6-4-5-11-21-20/h4-8,11,14-15,17,22H,9-10,12-13H2,1-3H3. The molecule has 5 nitrogen and oxygen atoms in total. The highest BCUT2D eigenvalue weighted by Gasteiger charge is 2.22. The molecule has 1 atom stereocenters. The van der Waals surface area contributed by atoms with Crippen molar-refractivity contribution in [3.63, 3.8) is 0 Å². The van der Waals surface area contributed by atoms with Gasteiger partial charge in [0, 0.05) is 31.4 Å².